The Labute approximate surface area is 118 Å². The van der Waals surface area contributed by atoms with Crippen molar-refractivity contribution in [3.05, 3.63) is 0 Å². The molecule has 0 bridgehead atoms. The summed E-state index contributed by atoms with van der Waals surface area (Å²) in [5.41, 5.74) is 5.50. The molecule has 0 aromatic rings. The third-order valence-corrected chi connectivity index (χ3v) is 4.91. The van der Waals surface area contributed by atoms with Crippen LogP contribution in [0.4, 0.5) is 0 Å². The highest BCUT2D eigenvalue weighted by atomic mass is 16.4. The minimum Gasteiger partial charge on any atom is -0.409 e. The van der Waals surface area contributed by atoms with Crippen LogP contribution in [0.25, 0.3) is 0 Å². The second kappa shape index (κ2) is 7.13. The summed E-state index contributed by atoms with van der Waals surface area (Å²) in [5.74, 6) is 1.27. The first-order valence-corrected chi connectivity index (χ1v) is 7.59. The van der Waals surface area contributed by atoms with Gasteiger partial charge in [-0.15, -0.1) is 0 Å². The van der Waals surface area contributed by atoms with Crippen LogP contribution in [-0.2, 0) is 0 Å². The molecule has 0 aromatic heterocycles. The van der Waals surface area contributed by atoms with Crippen LogP contribution in [0.5, 0.6) is 0 Å². The second-order valence-electron chi connectivity index (χ2n) is 6.68. The van der Waals surface area contributed by atoms with Crippen LogP contribution in [0.15, 0.2) is 5.16 Å². The standard InChI is InChI=1S/C15H31N3O/c1-5-12-6-8-13(9-7-12)18(4)11-10-15(2,3)14(16)17-19/h12-13,19H,5-11H2,1-4H3,(H2,16,17). The number of oxime groups is 1. The van der Waals surface area contributed by atoms with Gasteiger partial charge in [-0.3, -0.25) is 0 Å². The molecule has 1 fully saturated rings. The maximum absolute atomic E-state index is 8.79. The molecule has 0 atom stereocenters. The number of nitrogens with two attached hydrogens (primary N) is 1. The Kier molecular flexibility index (Phi) is 6.11. The van der Waals surface area contributed by atoms with Gasteiger partial charge in [0.2, 0.25) is 0 Å². The first-order valence-electron chi connectivity index (χ1n) is 7.59. The van der Waals surface area contributed by atoms with Gasteiger partial charge in [0.25, 0.3) is 0 Å². The molecule has 0 amide bonds. The molecule has 1 aliphatic carbocycles. The van der Waals surface area contributed by atoms with Crippen molar-refractivity contribution in [2.24, 2.45) is 22.2 Å². The zero-order valence-electron chi connectivity index (χ0n) is 13.0. The lowest BCUT2D eigenvalue weighted by molar-refractivity contribution is 0.153. The molecule has 4 heteroatoms. The van der Waals surface area contributed by atoms with E-state index in [-0.39, 0.29) is 5.41 Å². The normalized spacial score (nSPS) is 25.8. The second-order valence-corrected chi connectivity index (χ2v) is 6.68. The molecule has 0 aromatic carbocycles. The van der Waals surface area contributed by atoms with Crippen LogP contribution in [0.2, 0.25) is 0 Å². The van der Waals surface area contributed by atoms with Crippen LogP contribution in [0.1, 0.15) is 59.3 Å². The number of hydrogen-bond donors (Lipinski definition) is 2. The summed E-state index contributed by atoms with van der Waals surface area (Å²) in [7, 11) is 2.21. The van der Waals surface area contributed by atoms with E-state index in [9.17, 15) is 0 Å². The van der Waals surface area contributed by atoms with Gasteiger partial charge in [0, 0.05) is 11.5 Å². The molecule has 0 unspecified atom stereocenters. The Morgan fingerprint density at radius 2 is 1.89 bits per heavy atom. The van der Waals surface area contributed by atoms with Gasteiger partial charge in [0.15, 0.2) is 0 Å². The van der Waals surface area contributed by atoms with Gasteiger partial charge in [0.1, 0.15) is 5.84 Å². The molecule has 0 saturated heterocycles. The third-order valence-electron chi connectivity index (χ3n) is 4.91. The topological polar surface area (TPSA) is 61.8 Å². The Bertz CT molecular complexity index is 294. The molecule has 1 rings (SSSR count). The number of rotatable bonds is 6. The first kappa shape index (κ1) is 16.3. The smallest absolute Gasteiger partial charge is 0.144 e. The molecule has 19 heavy (non-hydrogen) atoms. The quantitative estimate of drug-likeness (QED) is 0.337. The average Bonchev–Trinajstić information content (AvgIpc) is 2.43. The minimum absolute atomic E-state index is 0.233. The lowest BCUT2D eigenvalue weighted by Gasteiger charge is -2.36. The molecule has 0 spiro atoms. The monoisotopic (exact) mass is 269 g/mol. The fourth-order valence-electron chi connectivity index (χ4n) is 2.90. The molecule has 4 nitrogen and oxygen atoms in total. The van der Waals surface area contributed by atoms with Crippen molar-refractivity contribution in [1.29, 1.82) is 0 Å². The highest BCUT2D eigenvalue weighted by Crippen LogP contribution is 2.30. The van der Waals surface area contributed by atoms with Crippen LogP contribution in [0.3, 0.4) is 0 Å². The largest absolute Gasteiger partial charge is 0.409 e. The van der Waals surface area contributed by atoms with Crippen LogP contribution in [0, 0.1) is 11.3 Å². The van der Waals surface area contributed by atoms with E-state index in [4.69, 9.17) is 10.9 Å². The lowest BCUT2D eigenvalue weighted by atomic mass is 9.83. The lowest BCUT2D eigenvalue weighted by Crippen LogP contribution is -2.40. The van der Waals surface area contributed by atoms with Crippen molar-refractivity contribution in [2.45, 2.75) is 65.3 Å². The van der Waals surface area contributed by atoms with Gasteiger partial charge in [0.05, 0.1) is 0 Å². The number of hydrogen-bond acceptors (Lipinski definition) is 3. The summed E-state index contributed by atoms with van der Waals surface area (Å²) in [6.07, 6.45) is 7.63. The zero-order chi connectivity index (χ0) is 14.5. The predicted octanol–water partition coefficient (Wildman–Crippen LogP) is 3.05. The Morgan fingerprint density at radius 3 is 2.37 bits per heavy atom. The third kappa shape index (κ3) is 4.68. The summed E-state index contributed by atoms with van der Waals surface area (Å²) in [4.78, 5) is 2.46. The summed E-state index contributed by atoms with van der Waals surface area (Å²) < 4.78 is 0. The van der Waals surface area contributed by atoms with Gasteiger partial charge < -0.3 is 15.8 Å². The van der Waals surface area contributed by atoms with E-state index in [1.807, 2.05) is 13.8 Å². The fraction of sp³-hybridized carbons (Fsp3) is 0.933. The Morgan fingerprint density at radius 1 is 1.32 bits per heavy atom. The van der Waals surface area contributed by atoms with Crippen molar-refractivity contribution in [3.8, 4) is 0 Å². The maximum Gasteiger partial charge on any atom is 0.144 e. The summed E-state index contributed by atoms with van der Waals surface area (Å²) in [6, 6.07) is 0.714. The molecule has 112 valence electrons. The SMILES string of the molecule is CCC1CCC(N(C)CCC(C)(C)C(N)=NO)CC1. The van der Waals surface area contributed by atoms with E-state index in [1.54, 1.807) is 0 Å². The van der Waals surface area contributed by atoms with Gasteiger partial charge in [-0.2, -0.15) is 0 Å². The van der Waals surface area contributed by atoms with Crippen molar-refractivity contribution in [1.82, 2.24) is 4.90 Å². The number of nitrogens with zero attached hydrogens (tertiary/aromatic N) is 2. The molecular weight excluding hydrogens is 238 g/mol. The molecule has 0 radical (unpaired) electrons. The molecule has 3 N–H and O–H groups in total. The maximum atomic E-state index is 8.79. The van der Waals surface area contributed by atoms with Crippen molar-refractivity contribution < 1.29 is 5.21 Å². The Balaban J connectivity index is 2.38. The molecular formula is C15H31N3O. The molecule has 1 aliphatic rings. The minimum atomic E-state index is -0.233. The average molecular weight is 269 g/mol. The van der Waals surface area contributed by atoms with E-state index in [1.165, 1.54) is 32.1 Å². The highest BCUT2D eigenvalue weighted by molar-refractivity contribution is 5.85. The van der Waals surface area contributed by atoms with E-state index < -0.39 is 0 Å². The summed E-state index contributed by atoms with van der Waals surface area (Å²) in [5, 5.41) is 11.9. The van der Waals surface area contributed by atoms with Crippen molar-refractivity contribution in [2.75, 3.05) is 13.6 Å². The summed E-state index contributed by atoms with van der Waals surface area (Å²) >= 11 is 0. The van der Waals surface area contributed by atoms with Crippen molar-refractivity contribution in [3.63, 3.8) is 0 Å². The highest BCUT2D eigenvalue weighted by Gasteiger charge is 2.27. The van der Waals surface area contributed by atoms with E-state index in [2.05, 4.69) is 24.0 Å². The van der Waals surface area contributed by atoms with Crippen molar-refractivity contribution >= 4 is 5.84 Å². The Hall–Kier alpha value is -0.770. The van der Waals surface area contributed by atoms with E-state index in [0.29, 0.717) is 11.9 Å². The fourth-order valence-corrected chi connectivity index (χ4v) is 2.90. The summed E-state index contributed by atoms with van der Waals surface area (Å²) in [6.45, 7) is 7.37. The van der Waals surface area contributed by atoms with Gasteiger partial charge >= 0.3 is 0 Å². The molecule has 0 heterocycles. The van der Waals surface area contributed by atoms with Crippen LogP contribution >= 0.6 is 0 Å². The van der Waals surface area contributed by atoms with Gasteiger partial charge in [-0.05, 0) is 51.6 Å². The van der Waals surface area contributed by atoms with Gasteiger partial charge in [-0.1, -0.05) is 32.3 Å². The first-order chi connectivity index (χ1) is 8.90. The van der Waals surface area contributed by atoms with Crippen LogP contribution in [-0.4, -0.2) is 35.6 Å². The molecule has 0 aliphatic heterocycles. The zero-order valence-corrected chi connectivity index (χ0v) is 13.0. The predicted molar refractivity (Wildman–Crippen MR) is 80.5 cm³/mol. The van der Waals surface area contributed by atoms with E-state index in [0.717, 1.165) is 18.9 Å². The number of amidine groups is 1. The van der Waals surface area contributed by atoms with Gasteiger partial charge in [-0.25, -0.2) is 0 Å². The molecule has 1 saturated carbocycles. The van der Waals surface area contributed by atoms with Crippen LogP contribution < -0.4 is 5.73 Å². The van der Waals surface area contributed by atoms with E-state index >= 15 is 0 Å².